The van der Waals surface area contributed by atoms with Crippen LogP contribution in [-0.2, 0) is 28.0 Å². The molecule has 3 amide bonds. The first-order valence-corrected chi connectivity index (χ1v) is 13.3. The zero-order valence-electron chi connectivity index (χ0n) is 22.7. The molecular weight excluding hydrogens is 476 g/mol. The van der Waals surface area contributed by atoms with Gasteiger partial charge in [-0.25, -0.2) is 0 Å². The van der Waals surface area contributed by atoms with Gasteiger partial charge in [-0.05, 0) is 50.7 Å². The molecular formula is C27H40N4O4S. The number of carbonyl (C=O) groups is 3. The van der Waals surface area contributed by atoms with Crippen molar-refractivity contribution >= 4 is 29.3 Å². The number of aromatic nitrogens is 1. The standard InChI is InChI=1S/C27H40N4O4S/c1-16(2)35-22-14-19(23-17(3)30(8)36-23)11-12-20(22)15-28-25(33)21-10-9-13-31(21)26(34)24(27(5,6)7)29-18(4)32/h11-12,14,16,21,24H,9-10,13,15H2,1-8H3,(H,28,33)(H,29,32)/t21-,24+/m0/s1. The van der Waals surface area contributed by atoms with Crippen molar-refractivity contribution < 1.29 is 19.1 Å². The summed E-state index contributed by atoms with van der Waals surface area (Å²) >= 11 is 1.69. The fourth-order valence-corrected chi connectivity index (χ4v) is 5.33. The highest BCUT2D eigenvalue weighted by Crippen LogP contribution is 2.35. The average molecular weight is 517 g/mol. The van der Waals surface area contributed by atoms with E-state index in [0.717, 1.165) is 23.3 Å². The van der Waals surface area contributed by atoms with Crippen LogP contribution >= 0.6 is 11.5 Å². The normalized spacial score (nSPS) is 16.8. The van der Waals surface area contributed by atoms with Crippen molar-refractivity contribution in [2.75, 3.05) is 6.54 Å². The Hall–Kier alpha value is -2.81. The highest BCUT2D eigenvalue weighted by molar-refractivity contribution is 7.11. The highest BCUT2D eigenvalue weighted by Gasteiger charge is 2.41. The quantitative estimate of drug-likeness (QED) is 0.555. The Kier molecular flexibility index (Phi) is 8.54. The van der Waals surface area contributed by atoms with Crippen LogP contribution < -0.4 is 15.4 Å². The summed E-state index contributed by atoms with van der Waals surface area (Å²) in [5.41, 5.74) is 2.73. The molecule has 36 heavy (non-hydrogen) atoms. The van der Waals surface area contributed by atoms with Crippen LogP contribution in [0.3, 0.4) is 0 Å². The van der Waals surface area contributed by atoms with Crippen LogP contribution in [0, 0.1) is 12.3 Å². The largest absolute Gasteiger partial charge is 0.491 e. The molecule has 1 fully saturated rings. The van der Waals surface area contributed by atoms with Crippen LogP contribution in [0.25, 0.3) is 10.4 Å². The minimum absolute atomic E-state index is 0.00690. The number of likely N-dealkylation sites (tertiary alicyclic amines) is 1. The SMILES string of the molecule is CC(=O)N[C@H](C(=O)N1CCC[C@H]1C(=O)NCc1ccc(-c2sn(C)c2C)cc1OC(C)C)C(C)(C)C. The predicted octanol–water partition coefficient (Wildman–Crippen LogP) is 4.01. The van der Waals surface area contributed by atoms with Crippen LogP contribution in [-0.4, -0.2) is 51.3 Å². The van der Waals surface area contributed by atoms with Crippen molar-refractivity contribution in [3.63, 3.8) is 0 Å². The second kappa shape index (κ2) is 11.1. The van der Waals surface area contributed by atoms with Gasteiger partial charge in [0.15, 0.2) is 0 Å². The Morgan fingerprint density at radius 1 is 1.22 bits per heavy atom. The number of hydrogen-bond acceptors (Lipinski definition) is 5. The highest BCUT2D eigenvalue weighted by atomic mass is 32.1. The van der Waals surface area contributed by atoms with E-state index in [1.165, 1.54) is 17.5 Å². The van der Waals surface area contributed by atoms with Gasteiger partial charge < -0.3 is 24.2 Å². The number of aryl methyl sites for hydroxylation is 1. The topological polar surface area (TPSA) is 92.7 Å². The van der Waals surface area contributed by atoms with Crippen LogP contribution in [0.2, 0.25) is 0 Å². The van der Waals surface area contributed by atoms with E-state index < -0.39 is 17.5 Å². The summed E-state index contributed by atoms with van der Waals surface area (Å²) in [4.78, 5) is 41.2. The van der Waals surface area contributed by atoms with Gasteiger partial charge in [0.05, 0.1) is 11.0 Å². The van der Waals surface area contributed by atoms with Crippen LogP contribution in [0.15, 0.2) is 18.2 Å². The van der Waals surface area contributed by atoms with Crippen molar-refractivity contribution in [1.82, 2.24) is 19.5 Å². The van der Waals surface area contributed by atoms with E-state index in [9.17, 15) is 14.4 Å². The van der Waals surface area contributed by atoms with Gasteiger partial charge in [0.1, 0.15) is 17.8 Å². The predicted molar refractivity (Wildman–Crippen MR) is 143 cm³/mol. The maximum atomic E-state index is 13.4. The molecule has 2 aromatic rings. The summed E-state index contributed by atoms with van der Waals surface area (Å²) in [5, 5.41) is 5.81. The second-order valence-electron chi connectivity index (χ2n) is 10.9. The fourth-order valence-electron chi connectivity index (χ4n) is 4.46. The van der Waals surface area contributed by atoms with E-state index in [2.05, 4.69) is 27.6 Å². The average Bonchev–Trinajstić information content (AvgIpc) is 3.28. The molecule has 9 heteroatoms. The maximum Gasteiger partial charge on any atom is 0.246 e. The molecule has 0 saturated carbocycles. The Balaban J connectivity index is 1.74. The molecule has 2 atom stereocenters. The Labute approximate surface area is 218 Å². The molecule has 0 unspecified atom stereocenters. The zero-order valence-corrected chi connectivity index (χ0v) is 23.5. The van der Waals surface area contributed by atoms with Crippen LogP contribution in [0.1, 0.15) is 65.6 Å². The Bertz CT molecular complexity index is 1110. The lowest BCUT2D eigenvalue weighted by Gasteiger charge is -2.35. The van der Waals surface area contributed by atoms with Gasteiger partial charge in [0, 0.05) is 38.3 Å². The second-order valence-corrected chi connectivity index (χ2v) is 12.0. The van der Waals surface area contributed by atoms with E-state index in [1.54, 1.807) is 16.4 Å². The molecule has 1 aromatic carbocycles. The van der Waals surface area contributed by atoms with Gasteiger partial charge in [-0.1, -0.05) is 44.4 Å². The summed E-state index contributed by atoms with van der Waals surface area (Å²) in [6.07, 6.45) is 1.34. The maximum absolute atomic E-state index is 13.4. The number of hydrogen-bond donors (Lipinski definition) is 2. The smallest absolute Gasteiger partial charge is 0.246 e. The number of nitrogens with zero attached hydrogens (tertiary/aromatic N) is 2. The van der Waals surface area contributed by atoms with Crippen molar-refractivity contribution in [1.29, 1.82) is 0 Å². The number of amides is 3. The van der Waals surface area contributed by atoms with Gasteiger partial charge in [-0.2, -0.15) is 0 Å². The van der Waals surface area contributed by atoms with Crippen molar-refractivity contribution in [2.24, 2.45) is 12.5 Å². The van der Waals surface area contributed by atoms with Gasteiger partial charge in [-0.15, -0.1) is 0 Å². The molecule has 0 bridgehead atoms. The third-order valence-corrected chi connectivity index (χ3v) is 7.73. The first-order valence-electron chi connectivity index (χ1n) is 12.6. The molecule has 1 aliphatic heterocycles. The first kappa shape index (κ1) is 27.8. The molecule has 0 spiro atoms. The molecule has 1 saturated heterocycles. The molecule has 3 rings (SSSR count). The molecule has 2 N–H and O–H groups in total. The summed E-state index contributed by atoms with van der Waals surface area (Å²) in [6.45, 7) is 14.0. The summed E-state index contributed by atoms with van der Waals surface area (Å²) < 4.78 is 8.21. The van der Waals surface area contributed by atoms with Gasteiger partial charge in [0.25, 0.3) is 0 Å². The van der Waals surface area contributed by atoms with Crippen molar-refractivity contribution in [2.45, 2.75) is 86.0 Å². The monoisotopic (exact) mass is 516 g/mol. The summed E-state index contributed by atoms with van der Waals surface area (Å²) in [7, 11) is 2.04. The number of nitrogens with one attached hydrogen (secondary N) is 2. The Morgan fingerprint density at radius 3 is 2.47 bits per heavy atom. The van der Waals surface area contributed by atoms with Crippen LogP contribution in [0.4, 0.5) is 0 Å². The van der Waals surface area contributed by atoms with E-state index in [1.807, 2.05) is 53.8 Å². The molecule has 0 aliphatic carbocycles. The number of benzene rings is 1. The fraction of sp³-hybridized carbons (Fsp3) is 0.593. The summed E-state index contributed by atoms with van der Waals surface area (Å²) in [6, 6.07) is 4.84. The van der Waals surface area contributed by atoms with E-state index in [0.29, 0.717) is 19.5 Å². The number of ether oxygens (including phenoxy) is 1. The number of carbonyl (C=O) groups excluding carboxylic acids is 3. The minimum Gasteiger partial charge on any atom is -0.491 e. The lowest BCUT2D eigenvalue weighted by molar-refractivity contribution is -0.143. The van der Waals surface area contributed by atoms with E-state index in [-0.39, 0.29) is 23.8 Å². The van der Waals surface area contributed by atoms with E-state index in [4.69, 9.17) is 4.74 Å². The Morgan fingerprint density at radius 2 is 1.92 bits per heavy atom. The van der Waals surface area contributed by atoms with Crippen molar-refractivity contribution in [3.05, 3.63) is 29.5 Å². The van der Waals surface area contributed by atoms with Gasteiger partial charge in [0.2, 0.25) is 17.7 Å². The lowest BCUT2D eigenvalue weighted by Crippen LogP contribution is -2.57. The van der Waals surface area contributed by atoms with Crippen molar-refractivity contribution in [3.8, 4) is 16.2 Å². The third-order valence-electron chi connectivity index (χ3n) is 6.47. The lowest BCUT2D eigenvalue weighted by atomic mass is 9.85. The van der Waals surface area contributed by atoms with Gasteiger partial charge in [-0.3, -0.25) is 14.4 Å². The molecule has 2 heterocycles. The van der Waals surface area contributed by atoms with Crippen LogP contribution in [0.5, 0.6) is 5.75 Å². The molecule has 198 valence electrons. The van der Waals surface area contributed by atoms with Gasteiger partial charge >= 0.3 is 0 Å². The van der Waals surface area contributed by atoms with E-state index >= 15 is 0 Å². The molecule has 8 nitrogen and oxygen atoms in total. The zero-order chi connectivity index (χ0) is 26.8. The summed E-state index contributed by atoms with van der Waals surface area (Å²) in [5.74, 6) is 0.0827. The number of rotatable bonds is 8. The molecule has 1 aliphatic rings. The minimum atomic E-state index is -0.692. The molecule has 0 radical (unpaired) electrons. The molecule has 1 aromatic heterocycles. The first-order chi connectivity index (χ1) is 16.8. The third kappa shape index (κ3) is 6.30.